The average Bonchev–Trinajstić information content (AvgIpc) is 3.59. The molecule has 0 atom stereocenters. The van der Waals surface area contributed by atoms with Gasteiger partial charge < -0.3 is 9.55 Å². The SMILES string of the molecule is C=Cc1c(/C=C\C)c2c3ccccc3[nH]c2c2c1ccn2/C(=C/C)C(=NCc1ccccc1)c1ccccc1. The molecule has 4 aromatic carbocycles. The van der Waals surface area contributed by atoms with Crippen molar-refractivity contribution >= 4 is 56.3 Å². The van der Waals surface area contributed by atoms with Crippen molar-refractivity contribution in [2.24, 2.45) is 4.99 Å². The first-order chi connectivity index (χ1) is 19.2. The van der Waals surface area contributed by atoms with Crippen LogP contribution in [0.25, 0.3) is 50.6 Å². The van der Waals surface area contributed by atoms with E-state index < -0.39 is 0 Å². The number of benzene rings is 4. The van der Waals surface area contributed by atoms with E-state index in [0.717, 1.165) is 44.5 Å². The lowest BCUT2D eigenvalue weighted by Gasteiger charge is -2.16. The standard InChI is InChI=1S/C36H31N3/c1-4-15-28-27(5-2)29-22-23-39(36(29)35-33(28)30-20-13-14-21-31(30)38-35)32(6-3)34(26-18-11-8-12-19-26)37-24-25-16-9-7-10-17-25/h4-23,38H,2,24H2,1,3H3/b15-4-,32-6+,37-34?. The molecule has 0 amide bonds. The summed E-state index contributed by atoms with van der Waals surface area (Å²) in [7, 11) is 0. The van der Waals surface area contributed by atoms with Gasteiger partial charge >= 0.3 is 0 Å². The lowest BCUT2D eigenvalue weighted by molar-refractivity contribution is 1.06. The Morgan fingerprint density at radius 2 is 1.56 bits per heavy atom. The number of allylic oxidation sites excluding steroid dienone is 3. The fourth-order valence-electron chi connectivity index (χ4n) is 5.60. The highest BCUT2D eigenvalue weighted by atomic mass is 15.0. The number of H-pyrrole nitrogens is 1. The van der Waals surface area contributed by atoms with Gasteiger partial charge in [-0.15, -0.1) is 0 Å². The summed E-state index contributed by atoms with van der Waals surface area (Å²) in [6.45, 7) is 8.98. The molecule has 0 aliphatic heterocycles. The van der Waals surface area contributed by atoms with Gasteiger partial charge in [-0.1, -0.05) is 110 Å². The fourth-order valence-corrected chi connectivity index (χ4v) is 5.60. The second-order valence-corrected chi connectivity index (χ2v) is 9.59. The van der Waals surface area contributed by atoms with E-state index in [9.17, 15) is 0 Å². The van der Waals surface area contributed by atoms with Gasteiger partial charge in [0.25, 0.3) is 0 Å². The molecule has 6 rings (SSSR count). The van der Waals surface area contributed by atoms with E-state index in [-0.39, 0.29) is 0 Å². The number of para-hydroxylation sites is 1. The maximum atomic E-state index is 5.20. The molecule has 0 bridgehead atoms. The highest BCUT2D eigenvalue weighted by molar-refractivity contribution is 6.30. The number of aliphatic imine (C=N–C) groups is 1. The van der Waals surface area contributed by atoms with Gasteiger partial charge in [0.05, 0.1) is 29.0 Å². The van der Waals surface area contributed by atoms with Gasteiger partial charge in [-0.3, -0.25) is 4.99 Å². The number of fused-ring (bicyclic) bond motifs is 5. The Morgan fingerprint density at radius 3 is 2.28 bits per heavy atom. The summed E-state index contributed by atoms with van der Waals surface area (Å²) in [6.07, 6.45) is 10.6. The second-order valence-electron chi connectivity index (χ2n) is 9.59. The monoisotopic (exact) mass is 505 g/mol. The molecule has 0 radical (unpaired) electrons. The second kappa shape index (κ2) is 10.5. The van der Waals surface area contributed by atoms with Crippen molar-refractivity contribution in [1.29, 1.82) is 0 Å². The van der Waals surface area contributed by atoms with Gasteiger partial charge in [0.15, 0.2) is 0 Å². The number of nitrogens with one attached hydrogen (secondary N) is 1. The number of aromatic nitrogens is 2. The van der Waals surface area contributed by atoms with E-state index in [0.29, 0.717) is 6.54 Å². The Bertz CT molecular complexity index is 1900. The Hall–Kier alpha value is -4.89. The first-order valence-electron chi connectivity index (χ1n) is 13.4. The van der Waals surface area contributed by atoms with E-state index in [1.54, 1.807) is 0 Å². The molecule has 3 heteroatoms. The molecule has 190 valence electrons. The van der Waals surface area contributed by atoms with E-state index >= 15 is 0 Å². The van der Waals surface area contributed by atoms with Gasteiger partial charge in [0, 0.05) is 33.4 Å². The van der Waals surface area contributed by atoms with Crippen molar-refractivity contribution in [2.75, 3.05) is 0 Å². The van der Waals surface area contributed by atoms with Crippen LogP contribution < -0.4 is 0 Å². The Morgan fingerprint density at radius 1 is 0.846 bits per heavy atom. The van der Waals surface area contributed by atoms with Crippen LogP contribution in [0.5, 0.6) is 0 Å². The van der Waals surface area contributed by atoms with Crippen LogP contribution in [0.15, 0.2) is 121 Å². The summed E-state index contributed by atoms with van der Waals surface area (Å²) >= 11 is 0. The average molecular weight is 506 g/mol. The number of hydrogen-bond acceptors (Lipinski definition) is 1. The van der Waals surface area contributed by atoms with Crippen LogP contribution in [0.2, 0.25) is 0 Å². The zero-order chi connectivity index (χ0) is 26.8. The minimum Gasteiger partial charge on any atom is -0.353 e. The maximum absolute atomic E-state index is 5.20. The van der Waals surface area contributed by atoms with Gasteiger partial charge in [-0.25, -0.2) is 0 Å². The molecule has 3 nitrogen and oxygen atoms in total. The molecule has 6 aromatic rings. The van der Waals surface area contributed by atoms with Gasteiger partial charge in [-0.2, -0.15) is 0 Å². The number of hydrogen-bond donors (Lipinski definition) is 1. The van der Waals surface area contributed by atoms with Crippen LogP contribution in [0, 0.1) is 0 Å². The molecule has 0 saturated heterocycles. The van der Waals surface area contributed by atoms with Gasteiger partial charge in [-0.05, 0) is 42.7 Å². The summed E-state index contributed by atoms with van der Waals surface area (Å²) < 4.78 is 2.29. The van der Waals surface area contributed by atoms with Crippen molar-refractivity contribution in [1.82, 2.24) is 9.55 Å². The predicted octanol–water partition coefficient (Wildman–Crippen LogP) is 9.50. The highest BCUT2D eigenvalue weighted by Gasteiger charge is 2.21. The minimum absolute atomic E-state index is 0.604. The van der Waals surface area contributed by atoms with Crippen molar-refractivity contribution in [3.63, 3.8) is 0 Å². The first kappa shape index (κ1) is 24.4. The summed E-state index contributed by atoms with van der Waals surface area (Å²) in [5.74, 6) is 0. The van der Waals surface area contributed by atoms with Crippen LogP contribution in [0.3, 0.4) is 0 Å². The number of nitrogens with zero attached hydrogens (tertiary/aromatic N) is 2. The van der Waals surface area contributed by atoms with Crippen LogP contribution in [0.1, 0.15) is 36.1 Å². The molecule has 0 aliphatic carbocycles. The lowest BCUT2D eigenvalue weighted by atomic mass is 9.96. The molecule has 2 heterocycles. The molecular formula is C36H31N3. The zero-order valence-electron chi connectivity index (χ0n) is 22.4. The Labute approximate surface area is 229 Å². The zero-order valence-corrected chi connectivity index (χ0v) is 22.4. The van der Waals surface area contributed by atoms with Gasteiger partial charge in [0.2, 0.25) is 0 Å². The topological polar surface area (TPSA) is 33.1 Å². The largest absolute Gasteiger partial charge is 0.353 e. The third kappa shape index (κ3) is 4.22. The van der Waals surface area contributed by atoms with Crippen LogP contribution in [-0.2, 0) is 6.54 Å². The maximum Gasteiger partial charge on any atom is 0.0887 e. The van der Waals surface area contributed by atoms with Crippen LogP contribution >= 0.6 is 0 Å². The molecule has 0 fully saturated rings. The van der Waals surface area contributed by atoms with E-state index in [1.807, 2.05) is 18.2 Å². The number of aromatic amines is 1. The summed E-state index contributed by atoms with van der Waals surface area (Å²) in [5.41, 5.74) is 9.96. The summed E-state index contributed by atoms with van der Waals surface area (Å²) in [5, 5.41) is 3.58. The molecule has 2 aromatic heterocycles. The van der Waals surface area contributed by atoms with Crippen molar-refractivity contribution in [2.45, 2.75) is 20.4 Å². The highest BCUT2D eigenvalue weighted by Crippen LogP contribution is 2.40. The third-order valence-electron chi connectivity index (χ3n) is 7.30. The molecular weight excluding hydrogens is 474 g/mol. The minimum atomic E-state index is 0.604. The third-order valence-corrected chi connectivity index (χ3v) is 7.30. The van der Waals surface area contributed by atoms with Crippen molar-refractivity contribution in [3.05, 3.63) is 138 Å². The van der Waals surface area contributed by atoms with Crippen molar-refractivity contribution < 1.29 is 0 Å². The quantitative estimate of drug-likeness (QED) is 0.210. The molecule has 0 aliphatic rings. The molecule has 1 N–H and O–H groups in total. The lowest BCUT2D eigenvalue weighted by Crippen LogP contribution is -2.11. The smallest absolute Gasteiger partial charge is 0.0887 e. The first-order valence-corrected chi connectivity index (χ1v) is 13.4. The van der Waals surface area contributed by atoms with E-state index in [2.05, 4.69) is 133 Å². The summed E-state index contributed by atoms with van der Waals surface area (Å²) in [6, 6.07) is 31.6. The van der Waals surface area contributed by atoms with E-state index in [4.69, 9.17) is 4.99 Å². The molecule has 0 saturated carbocycles. The normalized spacial score (nSPS) is 12.8. The molecule has 0 spiro atoms. The van der Waals surface area contributed by atoms with Crippen LogP contribution in [0.4, 0.5) is 0 Å². The molecule has 39 heavy (non-hydrogen) atoms. The van der Waals surface area contributed by atoms with Gasteiger partial charge in [0.1, 0.15) is 0 Å². The Balaban J connectivity index is 1.66. The molecule has 0 unspecified atom stereocenters. The fraction of sp³-hybridized carbons (Fsp3) is 0.0833. The summed E-state index contributed by atoms with van der Waals surface area (Å²) in [4.78, 5) is 8.95. The Kier molecular flexibility index (Phi) is 6.56. The predicted molar refractivity (Wildman–Crippen MR) is 169 cm³/mol. The van der Waals surface area contributed by atoms with Crippen molar-refractivity contribution in [3.8, 4) is 0 Å². The van der Waals surface area contributed by atoms with Crippen LogP contribution in [-0.4, -0.2) is 15.3 Å². The van der Waals surface area contributed by atoms with E-state index in [1.165, 1.54) is 21.9 Å². The number of rotatable bonds is 7.